The number of rotatable bonds is 11. The molecule has 2 bridgehead atoms. The third-order valence-corrected chi connectivity index (χ3v) is 12.4. The van der Waals surface area contributed by atoms with E-state index in [9.17, 15) is 50.8 Å². The summed E-state index contributed by atoms with van der Waals surface area (Å²) in [7, 11) is -10.8. The fourth-order valence-electron chi connectivity index (χ4n) is 9.82. The molecular formula is C30H49K3O16S2. The second kappa shape index (κ2) is 19.5. The molecule has 5 aliphatic rings. The molecule has 1 aliphatic heterocycles. The summed E-state index contributed by atoms with van der Waals surface area (Å²) in [4.78, 5) is 25.7. The van der Waals surface area contributed by atoms with Crippen molar-refractivity contribution in [3.63, 3.8) is 0 Å². The van der Waals surface area contributed by atoms with Crippen molar-refractivity contribution in [2.24, 2.45) is 40.4 Å². The minimum atomic E-state index is -5.42. The first-order chi connectivity index (χ1) is 22.2. The average molecular weight is 847 g/mol. The predicted molar refractivity (Wildman–Crippen MR) is 184 cm³/mol. The van der Waals surface area contributed by atoms with Gasteiger partial charge in [0.2, 0.25) is 0 Å². The molecule has 4 aliphatic carbocycles. The number of fused-ring (bicyclic) bond motifs is 3. The Balaban J connectivity index is 0.00000300. The molecule has 51 heavy (non-hydrogen) atoms. The van der Waals surface area contributed by atoms with Crippen LogP contribution in [0.15, 0.2) is 12.2 Å². The van der Waals surface area contributed by atoms with E-state index in [1.165, 1.54) is 0 Å². The number of carboxylic acid groups (broad SMARTS) is 1. The van der Waals surface area contributed by atoms with Gasteiger partial charge in [0.05, 0.1) is 24.7 Å². The molecule has 0 radical (unpaired) electrons. The monoisotopic (exact) mass is 846 g/mol. The molecule has 0 aromatic rings. The number of ether oxygens (including phenoxy) is 3. The molecule has 0 aromatic heterocycles. The van der Waals surface area contributed by atoms with E-state index in [1.807, 2.05) is 6.92 Å². The van der Waals surface area contributed by atoms with Crippen molar-refractivity contribution in [2.45, 2.75) is 115 Å². The Morgan fingerprint density at radius 2 is 1.59 bits per heavy atom. The van der Waals surface area contributed by atoms with Gasteiger partial charge in [-0.25, -0.2) is 8.37 Å². The van der Waals surface area contributed by atoms with Crippen molar-refractivity contribution in [3.8, 4) is 0 Å². The van der Waals surface area contributed by atoms with Crippen LogP contribution >= 0.6 is 0 Å². The van der Waals surface area contributed by atoms with Gasteiger partial charge in [0, 0.05) is 11.8 Å². The standard InChI is InChI=1S/C30H46O16S2.3K.3H/c1-14(2)9-22(32)44-25-24(46-48(39,40)41)23(45-47(36,37)38)20(13-31)43-28(25)42-17-10-18(27(34)35)19-7-8-30-11-16(15(3)26(30)33)5-6-21(30)29(19,4)12-17;;;;;;/h14,16-21,23-26,28,31,33H,3,5-13H2,1-2,4H3,(H,34,35)(H,36,37,38)(H,39,40,41);;;;;;/t16-,17+,18+,19+,20+,21-,23+,24-,25+,26-,28+,29+,30+;;;;;;/m0....../s1. The van der Waals surface area contributed by atoms with Crippen LogP contribution in [0.2, 0.25) is 0 Å². The average Bonchev–Trinajstić information content (AvgIpc) is 3.12. The Labute approximate surface area is 426 Å². The van der Waals surface area contributed by atoms with Crippen LogP contribution in [0.1, 0.15) is 72.1 Å². The van der Waals surface area contributed by atoms with Crippen LogP contribution in [0.5, 0.6) is 0 Å². The molecule has 5 N–H and O–H groups in total. The normalized spacial score (nSPS) is 40.5. The third-order valence-electron chi connectivity index (χ3n) is 11.5. The molecule has 0 aromatic carbocycles. The number of aliphatic hydroxyl groups excluding tert-OH is 2. The molecular weight excluding hydrogens is 798 g/mol. The molecule has 5 fully saturated rings. The molecule has 16 nitrogen and oxygen atoms in total. The minimum absolute atomic E-state index is 0. The number of carbonyl (C=O) groups excluding carboxylic acids is 1. The summed E-state index contributed by atoms with van der Waals surface area (Å²) >= 11 is 0. The molecule has 0 unspecified atom stereocenters. The number of aliphatic carboxylic acids is 1. The summed E-state index contributed by atoms with van der Waals surface area (Å²) in [6, 6.07) is 0. The molecule has 1 saturated heterocycles. The predicted octanol–water partition coefficient (Wildman–Crippen LogP) is -0.278. The first kappa shape index (κ1) is 50.3. The third kappa shape index (κ3) is 11.1. The molecule has 21 heteroatoms. The summed E-state index contributed by atoms with van der Waals surface area (Å²) in [5.74, 6) is -3.25. The van der Waals surface area contributed by atoms with Gasteiger partial charge in [0.25, 0.3) is 0 Å². The first-order valence-corrected chi connectivity index (χ1v) is 18.9. The summed E-state index contributed by atoms with van der Waals surface area (Å²) in [6.45, 7) is 8.52. The molecule has 4 saturated carbocycles. The van der Waals surface area contributed by atoms with Crippen LogP contribution in [0.3, 0.4) is 0 Å². The fraction of sp³-hybridized carbons (Fsp3) is 0.867. The second-order valence-corrected chi connectivity index (χ2v) is 16.9. The number of hydrogen-bond donors (Lipinski definition) is 5. The summed E-state index contributed by atoms with van der Waals surface area (Å²) in [6.07, 6.45) is -7.93. The molecule has 0 amide bonds. The Morgan fingerprint density at radius 3 is 2.14 bits per heavy atom. The van der Waals surface area contributed by atoms with E-state index >= 15 is 0 Å². The van der Waals surface area contributed by atoms with E-state index in [0.717, 1.165) is 24.8 Å². The van der Waals surface area contributed by atoms with Gasteiger partial charge in [-0.2, -0.15) is 16.8 Å². The van der Waals surface area contributed by atoms with Gasteiger partial charge in [-0.1, -0.05) is 27.4 Å². The SMILES string of the molecule is C=C1[C@H]2CC[C@H]3[C@]4(C)C[C@H](O[C@@H]5O[C@H](CO)[C@@H](OS(=O)(=O)O)[C@H](OS(=O)(=O)O)[C@H]5OC(=O)CC(C)C)C[C@@H](C(=O)O)[C@H]4CC[C@]3(C2)[C@H]1O.[KH].[KH].[KH]. The number of carboxylic acids is 1. The Hall–Kier alpha value is 3.17. The van der Waals surface area contributed by atoms with Crippen LogP contribution in [-0.2, 0) is 53.0 Å². The molecule has 13 atom stereocenters. The van der Waals surface area contributed by atoms with E-state index in [4.69, 9.17) is 18.4 Å². The van der Waals surface area contributed by atoms with Crippen molar-refractivity contribution in [1.29, 1.82) is 0 Å². The van der Waals surface area contributed by atoms with Crippen LogP contribution in [0.25, 0.3) is 0 Å². The number of aliphatic hydroxyl groups is 2. The van der Waals surface area contributed by atoms with Crippen molar-refractivity contribution in [1.82, 2.24) is 0 Å². The van der Waals surface area contributed by atoms with Gasteiger partial charge >= 0.3 is 187 Å². The van der Waals surface area contributed by atoms with Crippen molar-refractivity contribution in [2.75, 3.05) is 6.61 Å². The van der Waals surface area contributed by atoms with E-state index < -0.39 is 99.0 Å². The van der Waals surface area contributed by atoms with Gasteiger partial charge < -0.3 is 29.5 Å². The van der Waals surface area contributed by atoms with Gasteiger partial charge in [-0.3, -0.25) is 18.7 Å². The number of esters is 1. The molecule has 1 heterocycles. The number of carbonyl (C=O) groups is 2. The molecule has 5 rings (SSSR count). The van der Waals surface area contributed by atoms with Crippen LogP contribution in [0.4, 0.5) is 0 Å². The Kier molecular flexibility index (Phi) is 19.2. The van der Waals surface area contributed by atoms with Crippen LogP contribution < -0.4 is 0 Å². The molecule has 1 spiro atoms. The van der Waals surface area contributed by atoms with E-state index in [-0.39, 0.29) is 197 Å². The van der Waals surface area contributed by atoms with Crippen molar-refractivity contribution < 1.29 is 73.4 Å². The van der Waals surface area contributed by atoms with E-state index in [0.29, 0.717) is 12.8 Å². The molecule has 280 valence electrons. The summed E-state index contributed by atoms with van der Waals surface area (Å²) in [5, 5.41) is 32.0. The summed E-state index contributed by atoms with van der Waals surface area (Å²) in [5.41, 5.74) is -0.319. The van der Waals surface area contributed by atoms with E-state index in [2.05, 4.69) is 10.8 Å². The zero-order valence-electron chi connectivity index (χ0n) is 27.0. The van der Waals surface area contributed by atoms with Crippen molar-refractivity contribution in [3.05, 3.63) is 12.2 Å². The zero-order valence-corrected chi connectivity index (χ0v) is 28.7. The fourth-order valence-corrected chi connectivity index (χ4v) is 10.8. The van der Waals surface area contributed by atoms with Gasteiger partial charge in [0.15, 0.2) is 18.5 Å². The second-order valence-electron chi connectivity index (χ2n) is 14.8. The van der Waals surface area contributed by atoms with Crippen LogP contribution in [0, 0.1) is 40.4 Å². The van der Waals surface area contributed by atoms with Crippen LogP contribution in [-0.4, -0.2) is 257 Å². The van der Waals surface area contributed by atoms with E-state index in [1.54, 1.807) is 13.8 Å². The quantitative estimate of drug-likeness (QED) is 0.0590. The first-order valence-electron chi connectivity index (χ1n) is 16.2. The van der Waals surface area contributed by atoms with Gasteiger partial charge in [-0.15, -0.1) is 0 Å². The maximum absolute atomic E-state index is 12.9. The van der Waals surface area contributed by atoms with Crippen molar-refractivity contribution >= 4 is 187 Å². The Bertz CT molecular complexity index is 1500. The maximum atomic E-state index is 12.9. The zero-order chi connectivity index (χ0) is 35.6. The van der Waals surface area contributed by atoms with Gasteiger partial charge in [0.1, 0.15) is 12.2 Å². The topological polar surface area (TPSA) is 250 Å². The summed E-state index contributed by atoms with van der Waals surface area (Å²) < 4.78 is 93.5. The Morgan fingerprint density at radius 1 is 0.980 bits per heavy atom. The van der Waals surface area contributed by atoms with Gasteiger partial charge in [-0.05, 0) is 79.6 Å². The number of hydrogen-bond acceptors (Lipinski definition) is 13.